The summed E-state index contributed by atoms with van der Waals surface area (Å²) in [4.78, 5) is 29.2. The number of rotatable bonds is 5. The average molecular weight is 402 g/mol. The van der Waals surface area contributed by atoms with E-state index in [-0.39, 0.29) is 18.0 Å². The fourth-order valence-electron chi connectivity index (χ4n) is 4.84. The first-order chi connectivity index (χ1) is 14.6. The van der Waals surface area contributed by atoms with Crippen molar-refractivity contribution < 1.29 is 9.59 Å². The summed E-state index contributed by atoms with van der Waals surface area (Å²) >= 11 is 0. The van der Waals surface area contributed by atoms with E-state index >= 15 is 0 Å². The topological polar surface area (TPSA) is 45.6 Å². The van der Waals surface area contributed by atoms with Crippen LogP contribution in [0.5, 0.6) is 0 Å². The van der Waals surface area contributed by atoms with E-state index in [2.05, 4.69) is 66.9 Å². The zero-order valence-corrected chi connectivity index (χ0v) is 17.6. The number of urea groups is 1. The van der Waals surface area contributed by atoms with Crippen molar-refractivity contribution in [1.29, 1.82) is 0 Å². The van der Waals surface area contributed by atoms with Crippen LogP contribution < -0.4 is 0 Å². The molecule has 5 rings (SSSR count). The molecule has 1 atom stereocenters. The van der Waals surface area contributed by atoms with Gasteiger partial charge in [-0.2, -0.15) is 0 Å². The normalized spacial score (nSPS) is 18.3. The number of hydrogen-bond acceptors (Lipinski definition) is 2. The van der Waals surface area contributed by atoms with Gasteiger partial charge >= 0.3 is 6.03 Å². The van der Waals surface area contributed by atoms with Gasteiger partial charge in [0.05, 0.1) is 6.54 Å². The predicted octanol–water partition coefficient (Wildman–Crippen LogP) is 4.49. The maximum Gasteiger partial charge on any atom is 0.327 e. The maximum absolute atomic E-state index is 13.0. The van der Waals surface area contributed by atoms with Crippen molar-refractivity contribution in [3.05, 3.63) is 70.9 Å². The summed E-state index contributed by atoms with van der Waals surface area (Å²) in [6.45, 7) is 5.95. The molecule has 3 aromatic rings. The minimum atomic E-state index is -0.361. The Balaban J connectivity index is 1.55. The Morgan fingerprint density at radius 1 is 1.03 bits per heavy atom. The van der Waals surface area contributed by atoms with Crippen LogP contribution in [-0.4, -0.2) is 38.9 Å². The molecule has 2 aliphatic rings. The third kappa shape index (κ3) is 2.92. The first kappa shape index (κ1) is 18.9. The van der Waals surface area contributed by atoms with E-state index in [1.165, 1.54) is 32.5 Å². The quantitative estimate of drug-likeness (QED) is 0.592. The molecule has 3 amide bonds. The second-order valence-corrected chi connectivity index (χ2v) is 8.49. The van der Waals surface area contributed by atoms with E-state index in [1.807, 2.05) is 0 Å². The van der Waals surface area contributed by atoms with Crippen molar-refractivity contribution >= 4 is 22.8 Å². The van der Waals surface area contributed by atoms with Crippen molar-refractivity contribution in [2.75, 3.05) is 6.54 Å². The molecule has 3 heterocycles. The number of imide groups is 1. The van der Waals surface area contributed by atoms with Crippen LogP contribution in [0, 0.1) is 6.92 Å². The molecule has 0 N–H and O–H groups in total. The second-order valence-electron chi connectivity index (χ2n) is 8.49. The molecule has 5 nitrogen and oxygen atoms in total. The molecule has 30 heavy (non-hydrogen) atoms. The number of benzene rings is 2. The summed E-state index contributed by atoms with van der Waals surface area (Å²) < 4.78 is 2.33. The van der Waals surface area contributed by atoms with Crippen LogP contribution in [0.4, 0.5) is 4.79 Å². The predicted molar refractivity (Wildman–Crippen MR) is 117 cm³/mol. The number of para-hydroxylation sites is 1. The van der Waals surface area contributed by atoms with E-state index in [1.54, 1.807) is 4.90 Å². The molecule has 0 saturated carbocycles. The van der Waals surface area contributed by atoms with Gasteiger partial charge in [0.25, 0.3) is 5.91 Å². The summed E-state index contributed by atoms with van der Waals surface area (Å²) in [5.74, 6) is -0.0329. The molecule has 5 heteroatoms. The first-order valence-corrected chi connectivity index (χ1v) is 10.8. The molecule has 0 spiro atoms. The SMILES string of the molecule is CCCCN1C(=O)C2Cc3c(n(Cc4ccc(C)cc4)c4ccccc34)CN2C1=O. The van der Waals surface area contributed by atoms with Crippen LogP contribution in [0.25, 0.3) is 10.9 Å². The van der Waals surface area contributed by atoms with Gasteiger partial charge in [0.15, 0.2) is 0 Å². The largest absolute Gasteiger partial charge is 0.338 e. The van der Waals surface area contributed by atoms with Crippen LogP contribution in [0.3, 0.4) is 0 Å². The van der Waals surface area contributed by atoms with Gasteiger partial charge in [-0.3, -0.25) is 9.69 Å². The van der Waals surface area contributed by atoms with E-state index in [0.717, 1.165) is 25.1 Å². The van der Waals surface area contributed by atoms with Crippen molar-refractivity contribution in [1.82, 2.24) is 14.4 Å². The Hall–Kier alpha value is -3.08. The highest BCUT2D eigenvalue weighted by molar-refractivity contribution is 6.05. The smallest absolute Gasteiger partial charge is 0.327 e. The number of amides is 3. The highest BCUT2D eigenvalue weighted by Crippen LogP contribution is 2.36. The number of aromatic nitrogens is 1. The van der Waals surface area contributed by atoms with Crippen LogP contribution >= 0.6 is 0 Å². The Bertz CT molecular complexity index is 1130. The number of carbonyl (C=O) groups excluding carboxylic acids is 2. The highest BCUT2D eigenvalue weighted by atomic mass is 16.2. The summed E-state index contributed by atoms with van der Waals surface area (Å²) in [7, 11) is 0. The Kier molecular flexibility index (Phi) is 4.61. The van der Waals surface area contributed by atoms with Crippen molar-refractivity contribution in [3.63, 3.8) is 0 Å². The number of fused-ring (bicyclic) bond motifs is 4. The van der Waals surface area contributed by atoms with Crippen molar-refractivity contribution in [2.45, 2.75) is 52.2 Å². The van der Waals surface area contributed by atoms with Crippen molar-refractivity contribution in [3.8, 4) is 0 Å². The third-order valence-electron chi connectivity index (χ3n) is 6.51. The molecule has 2 aliphatic heterocycles. The van der Waals surface area contributed by atoms with E-state index in [9.17, 15) is 9.59 Å². The van der Waals surface area contributed by atoms with E-state index < -0.39 is 0 Å². The molecule has 154 valence electrons. The highest BCUT2D eigenvalue weighted by Gasteiger charge is 2.48. The van der Waals surface area contributed by atoms with E-state index in [4.69, 9.17) is 0 Å². The van der Waals surface area contributed by atoms with E-state index in [0.29, 0.717) is 19.5 Å². The van der Waals surface area contributed by atoms with Crippen LogP contribution in [0.2, 0.25) is 0 Å². The molecule has 0 aliphatic carbocycles. The number of aryl methyl sites for hydroxylation is 1. The Morgan fingerprint density at radius 2 is 1.80 bits per heavy atom. The Morgan fingerprint density at radius 3 is 2.57 bits per heavy atom. The molecule has 1 saturated heterocycles. The number of carbonyl (C=O) groups is 2. The summed E-state index contributed by atoms with van der Waals surface area (Å²) in [6.07, 6.45) is 2.42. The average Bonchev–Trinajstić information content (AvgIpc) is 3.19. The first-order valence-electron chi connectivity index (χ1n) is 10.8. The van der Waals surface area contributed by atoms with Gasteiger partial charge in [0, 0.05) is 36.1 Å². The number of hydrogen-bond donors (Lipinski definition) is 0. The maximum atomic E-state index is 13.0. The van der Waals surface area contributed by atoms with Crippen LogP contribution in [0.1, 0.15) is 42.1 Å². The van der Waals surface area contributed by atoms with Gasteiger partial charge in [-0.05, 0) is 30.5 Å². The molecular weight excluding hydrogens is 374 g/mol. The third-order valence-corrected chi connectivity index (χ3v) is 6.51. The minimum absolute atomic E-state index is 0.0329. The van der Waals surface area contributed by atoms with Gasteiger partial charge < -0.3 is 9.47 Å². The second kappa shape index (κ2) is 7.31. The van der Waals surface area contributed by atoms with Gasteiger partial charge in [-0.1, -0.05) is 61.4 Å². The molecule has 1 unspecified atom stereocenters. The lowest BCUT2D eigenvalue weighted by molar-refractivity contribution is -0.128. The van der Waals surface area contributed by atoms with Gasteiger partial charge in [0.1, 0.15) is 6.04 Å². The molecule has 1 fully saturated rings. The fraction of sp³-hybridized carbons (Fsp3) is 0.360. The number of nitrogens with zero attached hydrogens (tertiary/aromatic N) is 3. The monoisotopic (exact) mass is 401 g/mol. The van der Waals surface area contributed by atoms with Crippen LogP contribution in [-0.2, 0) is 24.3 Å². The molecule has 0 radical (unpaired) electrons. The summed E-state index contributed by atoms with van der Waals surface area (Å²) in [5.41, 5.74) is 6.03. The minimum Gasteiger partial charge on any atom is -0.338 e. The van der Waals surface area contributed by atoms with Gasteiger partial charge in [0.2, 0.25) is 0 Å². The van der Waals surface area contributed by atoms with Crippen LogP contribution in [0.15, 0.2) is 48.5 Å². The Labute approximate surface area is 176 Å². The molecule has 0 bridgehead atoms. The molecular formula is C25H27N3O2. The van der Waals surface area contributed by atoms with Gasteiger partial charge in [-0.15, -0.1) is 0 Å². The summed E-state index contributed by atoms with van der Waals surface area (Å²) in [5, 5.41) is 1.20. The molecule has 2 aromatic carbocycles. The lowest BCUT2D eigenvalue weighted by atomic mass is 9.97. The standard InChI is InChI=1S/C25H27N3O2/c1-3-4-13-26-24(29)22-14-20-19-7-5-6-8-21(19)27(23(20)16-28(22)25(26)30)15-18-11-9-17(2)10-12-18/h5-12,22H,3-4,13-16H2,1-2H3. The van der Waals surface area contributed by atoms with Gasteiger partial charge in [-0.25, -0.2) is 4.79 Å². The lowest BCUT2D eigenvalue weighted by Gasteiger charge is -2.28. The lowest BCUT2D eigenvalue weighted by Crippen LogP contribution is -2.40. The zero-order valence-electron chi connectivity index (χ0n) is 17.6. The fourth-order valence-corrected chi connectivity index (χ4v) is 4.84. The number of unbranched alkanes of at least 4 members (excludes halogenated alkanes) is 1. The molecule has 1 aromatic heterocycles. The zero-order chi connectivity index (χ0) is 20.8. The van der Waals surface area contributed by atoms with Crippen molar-refractivity contribution in [2.24, 2.45) is 0 Å². The summed E-state index contributed by atoms with van der Waals surface area (Å²) in [6, 6.07) is 16.5.